The Balaban J connectivity index is 4.72. The van der Waals surface area contributed by atoms with E-state index < -0.39 is 17.5 Å². The molecule has 122 valence electrons. The van der Waals surface area contributed by atoms with Gasteiger partial charge in [0.1, 0.15) is 12.7 Å². The van der Waals surface area contributed by atoms with Crippen LogP contribution in [0, 0.1) is 10.8 Å². The normalized spacial score (nSPS) is 13.4. The Labute approximate surface area is 128 Å². The van der Waals surface area contributed by atoms with E-state index in [1.54, 1.807) is 0 Å². The van der Waals surface area contributed by atoms with Gasteiger partial charge in [-0.25, -0.2) is 4.79 Å². The van der Waals surface area contributed by atoms with Crippen molar-refractivity contribution < 1.29 is 19.1 Å². The first-order chi connectivity index (χ1) is 9.57. The molecule has 0 aliphatic heterocycles. The van der Waals surface area contributed by atoms with E-state index >= 15 is 0 Å². The molecule has 1 atom stereocenters. The summed E-state index contributed by atoms with van der Waals surface area (Å²) in [6.07, 6.45) is 2.97. The average Bonchev–Trinajstić information content (AvgIpc) is 2.43. The molecule has 0 rings (SSSR count). The summed E-state index contributed by atoms with van der Waals surface area (Å²) in [5.41, 5.74) is -0.508. The highest BCUT2D eigenvalue weighted by molar-refractivity contribution is 5.81. The molecule has 0 aliphatic rings. The highest BCUT2D eigenvalue weighted by Crippen LogP contribution is 2.28. The van der Waals surface area contributed by atoms with E-state index in [0.29, 0.717) is 12.8 Å². The van der Waals surface area contributed by atoms with E-state index in [4.69, 9.17) is 9.47 Å². The summed E-state index contributed by atoms with van der Waals surface area (Å²) in [5, 5.41) is 0. The fourth-order valence-corrected chi connectivity index (χ4v) is 1.62. The summed E-state index contributed by atoms with van der Waals surface area (Å²) in [6, 6.07) is 0. The molecule has 21 heavy (non-hydrogen) atoms. The number of ether oxygens (including phenoxy) is 2. The van der Waals surface area contributed by atoms with E-state index in [0.717, 1.165) is 12.5 Å². The minimum absolute atomic E-state index is 0.0127. The van der Waals surface area contributed by atoms with Crippen LogP contribution >= 0.6 is 0 Å². The Morgan fingerprint density at radius 1 is 1.14 bits per heavy atom. The Morgan fingerprint density at radius 2 is 1.71 bits per heavy atom. The van der Waals surface area contributed by atoms with Crippen molar-refractivity contribution in [2.24, 2.45) is 10.8 Å². The molecule has 0 saturated heterocycles. The molecule has 0 aromatic rings. The zero-order valence-electron chi connectivity index (χ0n) is 14.3. The number of rotatable bonds is 9. The quantitative estimate of drug-likeness (QED) is 0.478. The van der Waals surface area contributed by atoms with Crippen LogP contribution in [-0.2, 0) is 19.1 Å². The molecule has 0 bridgehead atoms. The molecular weight excluding hydrogens is 268 g/mol. The number of hydrogen-bond acceptors (Lipinski definition) is 4. The summed E-state index contributed by atoms with van der Waals surface area (Å²) in [4.78, 5) is 23.4. The SMILES string of the molecule is C=CC(=O)OC(COC(=O)C(C)(C)CC)CC(C)(C)CC. The molecular formula is C17H30O4. The van der Waals surface area contributed by atoms with E-state index in [1.807, 2.05) is 20.8 Å². The molecule has 0 spiro atoms. The molecule has 1 unspecified atom stereocenters. The third kappa shape index (κ3) is 7.30. The van der Waals surface area contributed by atoms with E-state index in [9.17, 15) is 9.59 Å². The summed E-state index contributed by atoms with van der Waals surface area (Å²) < 4.78 is 10.6. The number of carbonyl (C=O) groups excluding carboxylic acids is 2. The monoisotopic (exact) mass is 298 g/mol. The Bertz CT molecular complexity index is 369. The second-order valence-electron chi connectivity index (χ2n) is 6.82. The first-order valence-corrected chi connectivity index (χ1v) is 7.58. The molecule has 4 heteroatoms. The number of carbonyl (C=O) groups is 2. The topological polar surface area (TPSA) is 52.6 Å². The molecule has 0 saturated carbocycles. The molecule has 0 aliphatic carbocycles. The van der Waals surface area contributed by atoms with Crippen LogP contribution in [0.1, 0.15) is 60.8 Å². The van der Waals surface area contributed by atoms with Crippen molar-refractivity contribution in [2.45, 2.75) is 66.9 Å². The predicted octanol–water partition coefficient (Wildman–Crippen LogP) is 3.89. The predicted molar refractivity (Wildman–Crippen MR) is 83.8 cm³/mol. The summed E-state index contributed by atoms with van der Waals surface area (Å²) in [6.45, 7) is 15.4. The van der Waals surface area contributed by atoms with Crippen molar-refractivity contribution in [3.05, 3.63) is 12.7 Å². The second-order valence-corrected chi connectivity index (χ2v) is 6.82. The fourth-order valence-electron chi connectivity index (χ4n) is 1.62. The van der Waals surface area contributed by atoms with Gasteiger partial charge in [0.2, 0.25) is 0 Å². The fraction of sp³-hybridized carbons (Fsp3) is 0.765. The Hall–Kier alpha value is -1.32. The van der Waals surface area contributed by atoms with E-state index in [2.05, 4.69) is 27.4 Å². The van der Waals surface area contributed by atoms with Gasteiger partial charge in [-0.1, -0.05) is 40.7 Å². The molecule has 0 heterocycles. The van der Waals surface area contributed by atoms with Gasteiger partial charge >= 0.3 is 11.9 Å². The maximum atomic E-state index is 12.0. The van der Waals surface area contributed by atoms with Gasteiger partial charge in [-0.3, -0.25) is 4.79 Å². The number of esters is 2. The molecule has 0 radical (unpaired) electrons. The smallest absolute Gasteiger partial charge is 0.330 e. The summed E-state index contributed by atoms with van der Waals surface area (Å²) in [7, 11) is 0. The molecule has 0 N–H and O–H groups in total. The summed E-state index contributed by atoms with van der Waals surface area (Å²) >= 11 is 0. The minimum atomic E-state index is -0.521. The lowest BCUT2D eigenvalue weighted by Crippen LogP contribution is -2.33. The minimum Gasteiger partial charge on any atom is -0.461 e. The van der Waals surface area contributed by atoms with Gasteiger partial charge in [0.25, 0.3) is 0 Å². The largest absolute Gasteiger partial charge is 0.461 e. The maximum Gasteiger partial charge on any atom is 0.330 e. The highest BCUT2D eigenvalue weighted by atomic mass is 16.6. The van der Waals surface area contributed by atoms with E-state index in [-0.39, 0.29) is 18.0 Å². The molecule has 0 aromatic heterocycles. The van der Waals surface area contributed by atoms with Gasteiger partial charge in [-0.2, -0.15) is 0 Å². The lowest BCUT2D eigenvalue weighted by molar-refractivity contribution is -0.164. The van der Waals surface area contributed by atoms with Crippen LogP contribution in [0.15, 0.2) is 12.7 Å². The summed E-state index contributed by atoms with van der Waals surface area (Å²) in [5.74, 6) is -0.753. The van der Waals surface area contributed by atoms with Gasteiger partial charge < -0.3 is 9.47 Å². The molecule has 0 amide bonds. The Morgan fingerprint density at radius 3 is 2.14 bits per heavy atom. The van der Waals surface area contributed by atoms with Gasteiger partial charge in [0.05, 0.1) is 5.41 Å². The standard InChI is InChI=1S/C17H30O4/c1-8-14(18)21-13(11-16(4,5)9-2)12-20-15(19)17(6,7)10-3/h8,13H,1,9-12H2,2-7H3. The van der Waals surface area contributed by atoms with Crippen LogP contribution < -0.4 is 0 Å². The van der Waals surface area contributed by atoms with Crippen molar-refractivity contribution in [1.29, 1.82) is 0 Å². The van der Waals surface area contributed by atoms with Gasteiger partial charge in [0, 0.05) is 6.08 Å². The van der Waals surface area contributed by atoms with Crippen LogP contribution in [0.2, 0.25) is 0 Å². The first-order valence-electron chi connectivity index (χ1n) is 7.58. The lowest BCUT2D eigenvalue weighted by Gasteiger charge is -2.29. The maximum absolute atomic E-state index is 12.0. The van der Waals surface area contributed by atoms with Crippen molar-refractivity contribution in [3.8, 4) is 0 Å². The van der Waals surface area contributed by atoms with Crippen molar-refractivity contribution in [1.82, 2.24) is 0 Å². The van der Waals surface area contributed by atoms with Crippen LogP contribution in [0.25, 0.3) is 0 Å². The third-order valence-electron chi connectivity index (χ3n) is 4.02. The zero-order valence-corrected chi connectivity index (χ0v) is 14.3. The van der Waals surface area contributed by atoms with Gasteiger partial charge in [0.15, 0.2) is 0 Å². The highest BCUT2D eigenvalue weighted by Gasteiger charge is 2.30. The average molecular weight is 298 g/mol. The van der Waals surface area contributed by atoms with Gasteiger partial charge in [-0.15, -0.1) is 0 Å². The molecule has 0 aromatic carbocycles. The zero-order chi connectivity index (χ0) is 16.7. The Kier molecular flexibility index (Phi) is 7.69. The molecule has 0 fully saturated rings. The van der Waals surface area contributed by atoms with Crippen molar-refractivity contribution in [3.63, 3.8) is 0 Å². The van der Waals surface area contributed by atoms with Gasteiger partial charge in [-0.05, 0) is 32.1 Å². The lowest BCUT2D eigenvalue weighted by atomic mass is 9.84. The van der Waals surface area contributed by atoms with Crippen LogP contribution in [0.5, 0.6) is 0 Å². The van der Waals surface area contributed by atoms with E-state index in [1.165, 1.54) is 0 Å². The van der Waals surface area contributed by atoms with Crippen molar-refractivity contribution in [2.75, 3.05) is 6.61 Å². The second kappa shape index (κ2) is 8.20. The first kappa shape index (κ1) is 19.7. The van der Waals surface area contributed by atoms with Crippen LogP contribution in [0.3, 0.4) is 0 Å². The van der Waals surface area contributed by atoms with Crippen LogP contribution in [-0.4, -0.2) is 24.6 Å². The molecule has 4 nitrogen and oxygen atoms in total. The van der Waals surface area contributed by atoms with Crippen molar-refractivity contribution >= 4 is 11.9 Å². The van der Waals surface area contributed by atoms with Crippen LogP contribution in [0.4, 0.5) is 0 Å². The number of hydrogen-bond donors (Lipinski definition) is 0. The third-order valence-corrected chi connectivity index (χ3v) is 4.02.